The highest BCUT2D eigenvalue weighted by molar-refractivity contribution is 6.12. The minimum Gasteiger partial charge on any atom is -0.493 e. The zero-order valence-corrected chi connectivity index (χ0v) is 18.4. The van der Waals surface area contributed by atoms with Crippen molar-refractivity contribution in [2.24, 2.45) is 0 Å². The maximum absolute atomic E-state index is 13.2. The summed E-state index contributed by atoms with van der Waals surface area (Å²) in [7, 11) is 1.57. The lowest BCUT2D eigenvalue weighted by molar-refractivity contribution is 0.102. The van der Waals surface area contributed by atoms with Crippen LogP contribution in [-0.4, -0.2) is 28.1 Å². The molecule has 0 spiro atoms. The third-order valence-electron chi connectivity index (χ3n) is 5.04. The monoisotopic (exact) mass is 432 g/mol. The second-order valence-corrected chi connectivity index (χ2v) is 7.66. The van der Waals surface area contributed by atoms with E-state index in [-0.39, 0.29) is 11.8 Å². The second-order valence-electron chi connectivity index (χ2n) is 7.66. The van der Waals surface area contributed by atoms with Gasteiger partial charge in [0.25, 0.3) is 11.6 Å². The first kappa shape index (κ1) is 21.3. The lowest BCUT2D eigenvalue weighted by Crippen LogP contribution is -2.14. The first-order valence-corrected chi connectivity index (χ1v) is 10.2. The Bertz CT molecular complexity index is 1250. The summed E-state index contributed by atoms with van der Waals surface area (Å²) in [4.78, 5) is 21.7. The van der Waals surface area contributed by atoms with Crippen LogP contribution in [0.25, 0.3) is 11.1 Å². The van der Waals surface area contributed by atoms with Gasteiger partial charge in [-0.05, 0) is 48.7 Å². The Morgan fingerprint density at radius 1 is 1.12 bits per heavy atom. The van der Waals surface area contributed by atoms with E-state index in [1.807, 2.05) is 26.0 Å². The lowest BCUT2D eigenvalue weighted by atomic mass is 10.0. The molecule has 8 nitrogen and oxygen atoms in total. The summed E-state index contributed by atoms with van der Waals surface area (Å²) < 4.78 is 16.7. The number of amides is 1. The average Bonchev–Trinajstić information content (AvgIpc) is 3.18. The molecule has 32 heavy (non-hydrogen) atoms. The number of ether oxygens (including phenoxy) is 2. The molecule has 0 radical (unpaired) electrons. The van der Waals surface area contributed by atoms with Gasteiger partial charge in [-0.25, -0.2) is 4.98 Å². The van der Waals surface area contributed by atoms with E-state index in [9.17, 15) is 4.79 Å². The number of methoxy groups -OCH3 is 1. The first-order valence-electron chi connectivity index (χ1n) is 10.2. The van der Waals surface area contributed by atoms with Gasteiger partial charge in [0.05, 0.1) is 23.8 Å². The number of pyridine rings is 2. The van der Waals surface area contributed by atoms with Crippen LogP contribution < -0.4 is 14.8 Å². The molecule has 164 valence electrons. The molecule has 1 aromatic carbocycles. The number of rotatable bonds is 7. The molecular formula is C24H24N4O4. The van der Waals surface area contributed by atoms with Crippen molar-refractivity contribution in [2.75, 3.05) is 12.4 Å². The largest absolute Gasteiger partial charge is 0.493 e. The Kier molecular flexibility index (Phi) is 6.02. The normalized spacial score (nSPS) is 11.0. The van der Waals surface area contributed by atoms with Gasteiger partial charge in [-0.15, -0.1) is 0 Å². The summed E-state index contributed by atoms with van der Waals surface area (Å²) >= 11 is 0. The maximum Gasteiger partial charge on any atom is 0.259 e. The van der Waals surface area contributed by atoms with Crippen LogP contribution >= 0.6 is 0 Å². The highest BCUT2D eigenvalue weighted by Crippen LogP contribution is 2.32. The van der Waals surface area contributed by atoms with Crippen molar-refractivity contribution in [2.45, 2.75) is 33.3 Å². The van der Waals surface area contributed by atoms with Gasteiger partial charge in [0, 0.05) is 29.8 Å². The molecule has 1 amide bonds. The molecule has 3 aromatic heterocycles. The van der Waals surface area contributed by atoms with Crippen LogP contribution in [0.5, 0.6) is 11.5 Å². The van der Waals surface area contributed by atoms with Crippen LogP contribution in [0.3, 0.4) is 0 Å². The fraction of sp³-hybridized carbons (Fsp3) is 0.250. The Labute approximate surface area is 185 Å². The Hall–Kier alpha value is -3.94. The van der Waals surface area contributed by atoms with Crippen molar-refractivity contribution < 1.29 is 18.8 Å². The average molecular weight is 432 g/mol. The molecule has 3 heterocycles. The number of hydrogen-bond acceptors (Lipinski definition) is 7. The van der Waals surface area contributed by atoms with E-state index in [1.165, 1.54) is 0 Å². The first-order chi connectivity index (χ1) is 15.5. The fourth-order valence-electron chi connectivity index (χ4n) is 3.29. The zero-order chi connectivity index (χ0) is 22.7. The molecule has 0 unspecified atom stereocenters. The zero-order valence-electron chi connectivity index (χ0n) is 18.4. The number of nitrogens with zero attached hydrogens (tertiary/aromatic N) is 3. The van der Waals surface area contributed by atoms with Crippen molar-refractivity contribution in [1.29, 1.82) is 0 Å². The quantitative estimate of drug-likeness (QED) is 0.444. The van der Waals surface area contributed by atoms with Crippen LogP contribution in [0.15, 0.2) is 53.3 Å². The van der Waals surface area contributed by atoms with Crippen molar-refractivity contribution in [3.05, 3.63) is 71.3 Å². The molecule has 1 N–H and O–H groups in total. The minimum absolute atomic E-state index is 0.130. The van der Waals surface area contributed by atoms with Gasteiger partial charge in [0.1, 0.15) is 6.61 Å². The minimum atomic E-state index is -0.282. The van der Waals surface area contributed by atoms with E-state index >= 15 is 0 Å². The van der Waals surface area contributed by atoms with Gasteiger partial charge in [-0.3, -0.25) is 9.78 Å². The molecule has 0 atom stereocenters. The van der Waals surface area contributed by atoms with E-state index in [0.717, 1.165) is 11.3 Å². The Morgan fingerprint density at radius 3 is 2.62 bits per heavy atom. The number of carbonyl (C=O) groups excluding carboxylic acids is 1. The second kappa shape index (κ2) is 9.05. The summed E-state index contributed by atoms with van der Waals surface area (Å²) in [5.41, 5.74) is 3.74. The molecule has 8 heteroatoms. The predicted octanol–water partition coefficient (Wildman–Crippen LogP) is 4.89. The van der Waals surface area contributed by atoms with E-state index in [2.05, 4.69) is 20.4 Å². The lowest BCUT2D eigenvalue weighted by Gasteiger charge is -2.14. The molecule has 0 aliphatic carbocycles. The van der Waals surface area contributed by atoms with E-state index in [0.29, 0.717) is 46.2 Å². The van der Waals surface area contributed by atoms with Crippen molar-refractivity contribution in [1.82, 2.24) is 15.1 Å². The molecule has 0 saturated carbocycles. The smallest absolute Gasteiger partial charge is 0.259 e. The Balaban J connectivity index is 1.61. The van der Waals surface area contributed by atoms with Crippen LogP contribution in [0, 0.1) is 6.92 Å². The van der Waals surface area contributed by atoms with Gasteiger partial charge in [0.2, 0.25) is 0 Å². The van der Waals surface area contributed by atoms with Gasteiger partial charge in [0.15, 0.2) is 11.5 Å². The number of aromatic nitrogens is 3. The van der Waals surface area contributed by atoms with E-state index in [4.69, 9.17) is 14.0 Å². The summed E-state index contributed by atoms with van der Waals surface area (Å²) in [6.07, 6.45) is 3.42. The van der Waals surface area contributed by atoms with Crippen LogP contribution in [0.2, 0.25) is 0 Å². The SMILES string of the molecule is COc1ccc(NC(=O)c2cc(C(C)C)nc3onc(C)c23)cc1OCc1ccncc1. The number of fused-ring (bicyclic) bond motifs is 1. The third-order valence-corrected chi connectivity index (χ3v) is 5.04. The van der Waals surface area contributed by atoms with Gasteiger partial charge < -0.3 is 19.3 Å². The number of carbonyl (C=O) groups is 1. The van der Waals surface area contributed by atoms with Crippen molar-refractivity contribution in [3.63, 3.8) is 0 Å². The van der Waals surface area contributed by atoms with Crippen molar-refractivity contribution >= 4 is 22.7 Å². The van der Waals surface area contributed by atoms with E-state index in [1.54, 1.807) is 50.7 Å². The standard InChI is InChI=1S/C24H24N4O4/c1-14(2)19-12-18(22-15(3)28-32-24(22)27-19)23(29)26-17-5-6-20(30-4)21(11-17)31-13-16-7-9-25-10-8-16/h5-12,14H,13H2,1-4H3,(H,26,29). The molecule has 4 rings (SSSR count). The van der Waals surface area contributed by atoms with Gasteiger partial charge in [-0.2, -0.15) is 0 Å². The number of anilines is 1. The number of hydrogen-bond donors (Lipinski definition) is 1. The molecule has 0 saturated heterocycles. The maximum atomic E-state index is 13.2. The van der Waals surface area contributed by atoms with Crippen molar-refractivity contribution in [3.8, 4) is 11.5 Å². The number of aryl methyl sites for hydroxylation is 1. The van der Waals surface area contributed by atoms with Crippen LogP contribution in [0.4, 0.5) is 5.69 Å². The predicted molar refractivity (Wildman–Crippen MR) is 120 cm³/mol. The van der Waals surface area contributed by atoms with Crippen LogP contribution in [0.1, 0.15) is 47.1 Å². The number of benzene rings is 1. The summed E-state index contributed by atoms with van der Waals surface area (Å²) in [6.45, 7) is 6.15. The van der Waals surface area contributed by atoms with Crippen LogP contribution in [-0.2, 0) is 6.61 Å². The molecule has 0 bridgehead atoms. The van der Waals surface area contributed by atoms with Gasteiger partial charge in [-0.1, -0.05) is 19.0 Å². The van der Waals surface area contributed by atoms with Gasteiger partial charge >= 0.3 is 0 Å². The highest BCUT2D eigenvalue weighted by atomic mass is 16.5. The Morgan fingerprint density at radius 2 is 1.91 bits per heavy atom. The third kappa shape index (κ3) is 4.39. The molecule has 4 aromatic rings. The summed E-state index contributed by atoms with van der Waals surface area (Å²) in [6, 6.07) is 10.8. The highest BCUT2D eigenvalue weighted by Gasteiger charge is 2.20. The topological polar surface area (TPSA) is 99.4 Å². The molecule has 0 fully saturated rings. The molecule has 0 aliphatic heterocycles. The summed E-state index contributed by atoms with van der Waals surface area (Å²) in [5.74, 6) is 0.938. The molecular weight excluding hydrogens is 408 g/mol. The molecule has 0 aliphatic rings. The van der Waals surface area contributed by atoms with E-state index < -0.39 is 0 Å². The number of nitrogens with one attached hydrogen (secondary N) is 1. The summed E-state index contributed by atoms with van der Waals surface area (Å²) in [5, 5.41) is 7.53. The fourth-order valence-corrected chi connectivity index (χ4v) is 3.29.